The van der Waals surface area contributed by atoms with Crippen LogP contribution in [0.2, 0.25) is 0 Å². The first-order valence-electron chi connectivity index (χ1n) is 8.65. The highest BCUT2D eigenvalue weighted by molar-refractivity contribution is 9.10. The molecular weight excluding hydrogens is 396 g/mol. The second-order valence-corrected chi connectivity index (χ2v) is 7.17. The van der Waals surface area contributed by atoms with E-state index in [1.54, 1.807) is 26.4 Å². The Bertz CT molecular complexity index is 775. The van der Waals surface area contributed by atoms with Crippen LogP contribution >= 0.6 is 15.9 Å². The zero-order chi connectivity index (χ0) is 18.5. The third-order valence-electron chi connectivity index (χ3n) is 4.59. The molecule has 1 saturated heterocycles. The van der Waals surface area contributed by atoms with Gasteiger partial charge in [-0.2, -0.15) is 0 Å². The van der Waals surface area contributed by atoms with Crippen molar-refractivity contribution in [3.63, 3.8) is 0 Å². The highest BCUT2D eigenvalue weighted by Gasteiger charge is 2.30. The summed E-state index contributed by atoms with van der Waals surface area (Å²) < 4.78 is 11.6. The van der Waals surface area contributed by atoms with Crippen molar-refractivity contribution in [1.29, 1.82) is 0 Å². The highest BCUT2D eigenvalue weighted by Crippen LogP contribution is 2.32. The first kappa shape index (κ1) is 18.7. The van der Waals surface area contributed by atoms with Crippen molar-refractivity contribution >= 4 is 27.5 Å². The number of benzene rings is 2. The van der Waals surface area contributed by atoms with E-state index in [-0.39, 0.29) is 11.9 Å². The maximum absolute atomic E-state index is 13.2. The lowest BCUT2D eigenvalue weighted by Gasteiger charge is -2.27. The number of ether oxygens (including phenoxy) is 2. The van der Waals surface area contributed by atoms with Crippen LogP contribution in [0.25, 0.3) is 0 Å². The number of carbonyl (C=O) groups excluding carboxylic acids is 1. The molecule has 0 saturated carbocycles. The van der Waals surface area contributed by atoms with Gasteiger partial charge in [-0.05, 0) is 55.8 Å². The number of likely N-dealkylation sites (tertiary alicyclic amines) is 1. The van der Waals surface area contributed by atoms with Gasteiger partial charge in [0, 0.05) is 10.5 Å². The lowest BCUT2D eigenvalue weighted by atomic mass is 10.0. The van der Waals surface area contributed by atoms with Gasteiger partial charge in [0.25, 0.3) is 0 Å². The van der Waals surface area contributed by atoms with E-state index in [2.05, 4.69) is 26.1 Å². The molecule has 2 aromatic carbocycles. The van der Waals surface area contributed by atoms with Crippen molar-refractivity contribution in [3.8, 4) is 11.5 Å². The monoisotopic (exact) mass is 418 g/mol. The minimum Gasteiger partial charge on any atom is -0.497 e. The smallest absolute Gasteiger partial charge is 0.246 e. The van der Waals surface area contributed by atoms with Gasteiger partial charge in [0.05, 0.1) is 19.9 Å². The van der Waals surface area contributed by atoms with Gasteiger partial charge in [0.15, 0.2) is 0 Å². The van der Waals surface area contributed by atoms with Crippen LogP contribution in [-0.2, 0) is 4.79 Å². The maximum atomic E-state index is 13.2. The van der Waals surface area contributed by atoms with E-state index in [0.29, 0.717) is 17.2 Å². The fraction of sp³-hybridized carbons (Fsp3) is 0.350. The minimum atomic E-state index is -0.332. The molecule has 26 heavy (non-hydrogen) atoms. The van der Waals surface area contributed by atoms with E-state index in [9.17, 15) is 4.79 Å². The molecule has 6 heteroatoms. The highest BCUT2D eigenvalue weighted by atomic mass is 79.9. The summed E-state index contributed by atoms with van der Waals surface area (Å²) in [5, 5.41) is 3.03. The first-order chi connectivity index (χ1) is 12.6. The quantitative estimate of drug-likeness (QED) is 0.761. The number of rotatable bonds is 6. The summed E-state index contributed by atoms with van der Waals surface area (Å²) >= 11 is 3.51. The Kier molecular flexibility index (Phi) is 6.16. The molecule has 0 spiro atoms. The van der Waals surface area contributed by atoms with Gasteiger partial charge >= 0.3 is 0 Å². The van der Waals surface area contributed by atoms with Gasteiger partial charge in [-0.25, -0.2) is 0 Å². The molecule has 0 aliphatic carbocycles. The molecule has 138 valence electrons. The summed E-state index contributed by atoms with van der Waals surface area (Å²) in [6.07, 6.45) is 2.23. The van der Waals surface area contributed by atoms with Crippen LogP contribution in [0.1, 0.15) is 24.4 Å². The Balaban J connectivity index is 1.88. The number of methoxy groups -OCH3 is 2. The minimum absolute atomic E-state index is 0.0616. The standard InChI is InChI=1S/C20H23BrN2O3/c1-25-16-8-9-17(18(13-16)26-2)22-20(24)19(23-10-3-4-11-23)14-6-5-7-15(21)12-14/h5-9,12-13,19H,3-4,10-11H2,1-2H3,(H,22,24)/t19-/m0/s1. The van der Waals surface area contributed by atoms with Crippen molar-refractivity contribution in [2.24, 2.45) is 0 Å². The number of anilines is 1. The van der Waals surface area contributed by atoms with Gasteiger partial charge in [0.1, 0.15) is 17.5 Å². The summed E-state index contributed by atoms with van der Waals surface area (Å²) in [6.45, 7) is 1.84. The van der Waals surface area contributed by atoms with Gasteiger partial charge in [-0.3, -0.25) is 9.69 Å². The molecule has 0 bridgehead atoms. The Morgan fingerprint density at radius 3 is 2.54 bits per heavy atom. The molecule has 2 aromatic rings. The number of hydrogen-bond acceptors (Lipinski definition) is 4. The van der Waals surface area contributed by atoms with Crippen LogP contribution in [-0.4, -0.2) is 38.1 Å². The Labute approximate surface area is 162 Å². The molecule has 1 amide bonds. The largest absolute Gasteiger partial charge is 0.497 e. The Morgan fingerprint density at radius 1 is 1.12 bits per heavy atom. The van der Waals surface area contributed by atoms with Crippen molar-refractivity contribution in [1.82, 2.24) is 4.90 Å². The fourth-order valence-electron chi connectivity index (χ4n) is 3.31. The van der Waals surface area contributed by atoms with Crippen LogP contribution in [0.4, 0.5) is 5.69 Å². The van der Waals surface area contributed by atoms with Crippen LogP contribution < -0.4 is 14.8 Å². The summed E-state index contributed by atoms with van der Waals surface area (Å²) in [5.74, 6) is 1.20. The number of hydrogen-bond donors (Lipinski definition) is 1. The Hall–Kier alpha value is -2.05. The summed E-state index contributed by atoms with van der Waals surface area (Å²) in [7, 11) is 3.18. The third kappa shape index (κ3) is 4.19. The second-order valence-electron chi connectivity index (χ2n) is 6.26. The maximum Gasteiger partial charge on any atom is 0.246 e. The SMILES string of the molecule is COc1ccc(NC(=O)[C@H](c2cccc(Br)c2)N2CCCC2)c(OC)c1. The first-order valence-corrected chi connectivity index (χ1v) is 9.44. The van der Waals surface area contributed by atoms with Crippen molar-refractivity contribution in [3.05, 3.63) is 52.5 Å². The molecule has 1 heterocycles. The van der Waals surface area contributed by atoms with Crippen LogP contribution in [0, 0.1) is 0 Å². The van der Waals surface area contributed by atoms with E-state index in [1.807, 2.05) is 30.3 Å². The average molecular weight is 419 g/mol. The number of halogens is 1. The number of carbonyl (C=O) groups is 1. The summed E-state index contributed by atoms with van der Waals surface area (Å²) in [5.41, 5.74) is 1.61. The zero-order valence-corrected chi connectivity index (χ0v) is 16.6. The zero-order valence-electron chi connectivity index (χ0n) is 15.0. The normalized spacial score (nSPS) is 15.5. The summed E-state index contributed by atoms with van der Waals surface area (Å²) in [6, 6.07) is 13.0. The molecule has 1 aliphatic heterocycles. The van der Waals surface area contributed by atoms with E-state index in [1.165, 1.54) is 0 Å². The lowest BCUT2D eigenvalue weighted by molar-refractivity contribution is -0.121. The van der Waals surface area contributed by atoms with E-state index >= 15 is 0 Å². The number of amides is 1. The molecule has 1 atom stereocenters. The second kappa shape index (κ2) is 8.56. The van der Waals surface area contributed by atoms with Crippen LogP contribution in [0.5, 0.6) is 11.5 Å². The van der Waals surface area contributed by atoms with Crippen molar-refractivity contribution in [2.45, 2.75) is 18.9 Å². The van der Waals surface area contributed by atoms with E-state index in [0.717, 1.165) is 36.0 Å². The lowest BCUT2D eigenvalue weighted by Crippen LogP contribution is -2.35. The third-order valence-corrected chi connectivity index (χ3v) is 5.08. The van der Waals surface area contributed by atoms with Crippen LogP contribution in [0.3, 0.4) is 0 Å². The van der Waals surface area contributed by atoms with E-state index < -0.39 is 0 Å². The predicted molar refractivity (Wildman–Crippen MR) is 106 cm³/mol. The molecule has 1 aliphatic rings. The Morgan fingerprint density at radius 2 is 1.88 bits per heavy atom. The van der Waals surface area contributed by atoms with E-state index in [4.69, 9.17) is 9.47 Å². The molecule has 3 rings (SSSR count). The number of nitrogens with zero attached hydrogens (tertiary/aromatic N) is 1. The molecule has 1 N–H and O–H groups in total. The number of nitrogens with one attached hydrogen (secondary N) is 1. The molecule has 5 nitrogen and oxygen atoms in total. The van der Waals surface area contributed by atoms with Gasteiger partial charge in [-0.15, -0.1) is 0 Å². The topological polar surface area (TPSA) is 50.8 Å². The summed E-state index contributed by atoms with van der Waals surface area (Å²) in [4.78, 5) is 15.4. The average Bonchev–Trinajstić information content (AvgIpc) is 3.16. The van der Waals surface area contributed by atoms with Crippen LogP contribution in [0.15, 0.2) is 46.9 Å². The van der Waals surface area contributed by atoms with Crippen molar-refractivity contribution in [2.75, 3.05) is 32.6 Å². The predicted octanol–water partition coefficient (Wildman–Crippen LogP) is 4.24. The van der Waals surface area contributed by atoms with Crippen molar-refractivity contribution < 1.29 is 14.3 Å². The molecule has 0 unspecified atom stereocenters. The van der Waals surface area contributed by atoms with Gasteiger partial charge in [-0.1, -0.05) is 28.1 Å². The molecular formula is C20H23BrN2O3. The molecule has 0 aromatic heterocycles. The van der Waals surface area contributed by atoms with Gasteiger partial charge in [0.2, 0.25) is 5.91 Å². The fourth-order valence-corrected chi connectivity index (χ4v) is 3.72. The molecule has 1 fully saturated rings. The molecule has 0 radical (unpaired) electrons. The van der Waals surface area contributed by atoms with Gasteiger partial charge < -0.3 is 14.8 Å².